The molecule has 20 heavy (non-hydrogen) atoms. The lowest BCUT2D eigenvalue weighted by Crippen LogP contribution is -2.54. The fraction of sp³-hybridized carbons (Fsp3) is 0.643. The largest absolute Gasteiger partial charge is 0.372 e. The van der Waals surface area contributed by atoms with Gasteiger partial charge in [0.1, 0.15) is 5.82 Å². The Morgan fingerprint density at radius 3 is 3.10 bits per heavy atom. The van der Waals surface area contributed by atoms with Crippen LogP contribution in [0.1, 0.15) is 31.8 Å². The summed E-state index contributed by atoms with van der Waals surface area (Å²) < 4.78 is 5.73. The van der Waals surface area contributed by atoms with Crippen molar-refractivity contribution in [3.63, 3.8) is 0 Å². The second-order valence-electron chi connectivity index (χ2n) is 5.33. The highest BCUT2D eigenvalue weighted by molar-refractivity contribution is 5.74. The molecule has 6 heteroatoms. The van der Waals surface area contributed by atoms with Crippen LogP contribution in [0.25, 0.3) is 0 Å². The molecule has 1 aromatic heterocycles. The molecule has 2 heterocycles. The molecule has 0 unspecified atom stereocenters. The Morgan fingerprint density at radius 1 is 1.60 bits per heavy atom. The normalized spacial score (nSPS) is 22.6. The third-order valence-corrected chi connectivity index (χ3v) is 3.63. The van der Waals surface area contributed by atoms with Crippen molar-refractivity contribution < 1.29 is 9.53 Å². The van der Waals surface area contributed by atoms with Gasteiger partial charge in [0.05, 0.1) is 31.0 Å². The predicted molar refractivity (Wildman–Crippen MR) is 75.2 cm³/mol. The standard InChI is InChI=1S/C14H22N4O2/c1-4-14(3)10-18(7-8-20-14)13(19)16-9-12-5-6-15-11(2)17-12/h5-6H,4,7-10H2,1-3H3,(H,16,19)/t14-/m0/s1. The first kappa shape index (κ1) is 14.7. The fourth-order valence-corrected chi connectivity index (χ4v) is 2.20. The molecule has 1 saturated heterocycles. The van der Waals surface area contributed by atoms with E-state index in [2.05, 4.69) is 22.2 Å². The lowest BCUT2D eigenvalue weighted by atomic mass is 10.0. The van der Waals surface area contributed by atoms with Gasteiger partial charge in [0.25, 0.3) is 0 Å². The van der Waals surface area contributed by atoms with Gasteiger partial charge >= 0.3 is 6.03 Å². The van der Waals surface area contributed by atoms with Crippen LogP contribution in [0.2, 0.25) is 0 Å². The van der Waals surface area contributed by atoms with Crippen molar-refractivity contribution in [1.29, 1.82) is 0 Å². The summed E-state index contributed by atoms with van der Waals surface area (Å²) in [5.74, 6) is 0.710. The van der Waals surface area contributed by atoms with Crippen LogP contribution >= 0.6 is 0 Å². The fourth-order valence-electron chi connectivity index (χ4n) is 2.20. The SMILES string of the molecule is CC[C@@]1(C)CN(C(=O)NCc2ccnc(C)n2)CCO1. The molecule has 2 amide bonds. The van der Waals surface area contributed by atoms with Gasteiger partial charge in [-0.2, -0.15) is 0 Å². The van der Waals surface area contributed by atoms with Crippen LogP contribution in [0.5, 0.6) is 0 Å². The highest BCUT2D eigenvalue weighted by Gasteiger charge is 2.32. The number of carbonyl (C=O) groups is 1. The number of nitrogens with zero attached hydrogens (tertiary/aromatic N) is 3. The molecule has 0 aliphatic carbocycles. The molecule has 0 aromatic carbocycles. The molecular formula is C14H22N4O2. The number of rotatable bonds is 3. The van der Waals surface area contributed by atoms with Crippen molar-refractivity contribution in [3.05, 3.63) is 23.8 Å². The monoisotopic (exact) mass is 278 g/mol. The average Bonchev–Trinajstić information content (AvgIpc) is 2.45. The zero-order valence-corrected chi connectivity index (χ0v) is 12.3. The van der Waals surface area contributed by atoms with Crippen LogP contribution in [0, 0.1) is 6.92 Å². The summed E-state index contributed by atoms with van der Waals surface area (Å²) in [6.45, 7) is 8.21. The molecule has 1 atom stereocenters. The maximum atomic E-state index is 12.2. The molecule has 1 aromatic rings. The molecule has 6 nitrogen and oxygen atoms in total. The third-order valence-electron chi connectivity index (χ3n) is 3.63. The summed E-state index contributed by atoms with van der Waals surface area (Å²) in [6, 6.07) is 1.74. The first-order valence-corrected chi connectivity index (χ1v) is 6.98. The lowest BCUT2D eigenvalue weighted by molar-refractivity contribution is -0.0872. The Balaban J connectivity index is 1.88. The van der Waals surface area contributed by atoms with E-state index >= 15 is 0 Å². The predicted octanol–water partition coefficient (Wildman–Crippen LogP) is 1.50. The van der Waals surface area contributed by atoms with Crippen LogP contribution in [0.3, 0.4) is 0 Å². The zero-order chi connectivity index (χ0) is 14.6. The quantitative estimate of drug-likeness (QED) is 0.909. The van der Waals surface area contributed by atoms with Crippen LogP contribution in [0.4, 0.5) is 4.79 Å². The van der Waals surface area contributed by atoms with E-state index in [1.165, 1.54) is 0 Å². The highest BCUT2D eigenvalue weighted by atomic mass is 16.5. The molecule has 110 valence electrons. The summed E-state index contributed by atoms with van der Waals surface area (Å²) in [4.78, 5) is 22.3. The molecular weight excluding hydrogens is 256 g/mol. The molecule has 2 rings (SSSR count). The Hall–Kier alpha value is -1.69. The Bertz CT molecular complexity index is 480. The second-order valence-corrected chi connectivity index (χ2v) is 5.33. The first-order chi connectivity index (χ1) is 9.52. The maximum Gasteiger partial charge on any atom is 0.317 e. The molecule has 1 aliphatic heterocycles. The van der Waals surface area contributed by atoms with Crippen LogP contribution in [-0.2, 0) is 11.3 Å². The summed E-state index contributed by atoms with van der Waals surface area (Å²) in [5.41, 5.74) is 0.582. The number of hydrogen-bond acceptors (Lipinski definition) is 4. The molecule has 0 radical (unpaired) electrons. The van der Waals surface area contributed by atoms with Gasteiger partial charge in [-0.1, -0.05) is 6.92 Å². The van der Waals surface area contributed by atoms with Crippen LogP contribution < -0.4 is 5.32 Å². The van der Waals surface area contributed by atoms with E-state index in [0.29, 0.717) is 32.1 Å². The summed E-state index contributed by atoms with van der Waals surface area (Å²) >= 11 is 0. The van der Waals surface area contributed by atoms with E-state index in [4.69, 9.17) is 4.74 Å². The number of aryl methyl sites for hydroxylation is 1. The van der Waals surface area contributed by atoms with Gasteiger partial charge in [-0.15, -0.1) is 0 Å². The van der Waals surface area contributed by atoms with E-state index in [1.807, 2.05) is 19.9 Å². The number of nitrogens with one attached hydrogen (secondary N) is 1. The van der Waals surface area contributed by atoms with Crippen LogP contribution in [-0.4, -0.2) is 46.2 Å². The van der Waals surface area contributed by atoms with Crippen molar-refractivity contribution in [1.82, 2.24) is 20.2 Å². The Labute approximate surface area is 119 Å². The zero-order valence-electron chi connectivity index (χ0n) is 12.3. The van der Waals surface area contributed by atoms with Gasteiger partial charge in [-0.25, -0.2) is 14.8 Å². The molecule has 0 bridgehead atoms. The van der Waals surface area contributed by atoms with Crippen molar-refractivity contribution in [3.8, 4) is 0 Å². The van der Waals surface area contributed by atoms with Gasteiger partial charge in [0.2, 0.25) is 0 Å². The number of urea groups is 1. The van der Waals surface area contributed by atoms with Crippen molar-refractivity contribution in [2.75, 3.05) is 19.7 Å². The average molecular weight is 278 g/mol. The Kier molecular flexibility index (Phi) is 4.54. The van der Waals surface area contributed by atoms with Crippen molar-refractivity contribution >= 4 is 6.03 Å². The van der Waals surface area contributed by atoms with Gasteiger partial charge in [0, 0.05) is 12.7 Å². The van der Waals surface area contributed by atoms with Gasteiger partial charge < -0.3 is 15.0 Å². The van der Waals surface area contributed by atoms with Gasteiger partial charge in [-0.05, 0) is 26.3 Å². The van der Waals surface area contributed by atoms with Gasteiger partial charge in [-0.3, -0.25) is 0 Å². The number of morpholine rings is 1. The topological polar surface area (TPSA) is 67.4 Å². The number of amides is 2. The first-order valence-electron chi connectivity index (χ1n) is 6.98. The minimum absolute atomic E-state index is 0.0655. The van der Waals surface area contributed by atoms with E-state index in [1.54, 1.807) is 11.1 Å². The lowest BCUT2D eigenvalue weighted by Gasteiger charge is -2.39. The number of carbonyl (C=O) groups excluding carboxylic acids is 1. The molecule has 1 fully saturated rings. The van der Waals surface area contributed by atoms with Crippen LogP contribution in [0.15, 0.2) is 12.3 Å². The van der Waals surface area contributed by atoms with E-state index in [0.717, 1.165) is 12.1 Å². The van der Waals surface area contributed by atoms with E-state index in [-0.39, 0.29) is 11.6 Å². The summed E-state index contributed by atoms with van der Waals surface area (Å²) in [5, 5.41) is 2.90. The van der Waals surface area contributed by atoms with E-state index < -0.39 is 0 Å². The van der Waals surface area contributed by atoms with E-state index in [9.17, 15) is 4.79 Å². The number of ether oxygens (including phenoxy) is 1. The summed E-state index contributed by atoms with van der Waals surface area (Å²) in [6.07, 6.45) is 2.59. The molecule has 1 N–H and O–H groups in total. The second kappa shape index (κ2) is 6.17. The maximum absolute atomic E-state index is 12.2. The molecule has 0 spiro atoms. The highest BCUT2D eigenvalue weighted by Crippen LogP contribution is 2.20. The minimum atomic E-state index is -0.235. The number of aromatic nitrogens is 2. The minimum Gasteiger partial charge on any atom is -0.372 e. The molecule has 1 aliphatic rings. The summed E-state index contributed by atoms with van der Waals surface area (Å²) in [7, 11) is 0. The Morgan fingerprint density at radius 2 is 2.40 bits per heavy atom. The van der Waals surface area contributed by atoms with Gasteiger partial charge in [0.15, 0.2) is 0 Å². The third kappa shape index (κ3) is 3.66. The van der Waals surface area contributed by atoms with Crippen molar-refractivity contribution in [2.24, 2.45) is 0 Å². The smallest absolute Gasteiger partial charge is 0.317 e. The molecule has 0 saturated carbocycles. The van der Waals surface area contributed by atoms with Crippen molar-refractivity contribution in [2.45, 2.75) is 39.3 Å². The number of hydrogen-bond donors (Lipinski definition) is 1.